The van der Waals surface area contributed by atoms with E-state index in [0.717, 1.165) is 22.2 Å². The molecule has 4 nitrogen and oxygen atoms in total. The lowest BCUT2D eigenvalue weighted by molar-refractivity contribution is 1.04. The van der Waals surface area contributed by atoms with Crippen molar-refractivity contribution in [2.24, 2.45) is 5.10 Å². The molecule has 0 aliphatic carbocycles. The standard InChI is InChI=1S/C9H6N4/c1-2-6-4-10-12-9-8(6)7(3-1)5-11-13-9/h1-5H,(H,12,13). The Kier molecular flexibility index (Phi) is 1.14. The van der Waals surface area contributed by atoms with Crippen LogP contribution in [0.2, 0.25) is 0 Å². The zero-order valence-electron chi connectivity index (χ0n) is 6.73. The predicted octanol–water partition coefficient (Wildman–Crippen LogP) is 1.39. The zero-order valence-corrected chi connectivity index (χ0v) is 6.73. The van der Waals surface area contributed by atoms with Gasteiger partial charge < -0.3 is 0 Å². The minimum absolute atomic E-state index is 0.732. The van der Waals surface area contributed by atoms with Gasteiger partial charge in [-0.1, -0.05) is 18.2 Å². The van der Waals surface area contributed by atoms with Crippen molar-refractivity contribution >= 4 is 22.8 Å². The third-order valence-electron chi connectivity index (χ3n) is 2.09. The summed E-state index contributed by atoms with van der Waals surface area (Å²) in [5.41, 5.74) is 3.91. The van der Waals surface area contributed by atoms with Crippen molar-refractivity contribution in [2.75, 3.05) is 5.43 Å². The highest BCUT2D eigenvalue weighted by molar-refractivity contribution is 6.06. The molecule has 0 fully saturated rings. The molecular weight excluding hydrogens is 164 g/mol. The molecule has 0 unspecified atom stereocenters. The Bertz CT molecular complexity index is 499. The van der Waals surface area contributed by atoms with Gasteiger partial charge in [-0.3, -0.25) is 5.43 Å². The molecule has 0 saturated carbocycles. The van der Waals surface area contributed by atoms with Crippen molar-refractivity contribution in [3.8, 4) is 0 Å². The summed E-state index contributed by atoms with van der Waals surface area (Å²) < 4.78 is 0. The van der Waals surface area contributed by atoms with E-state index in [1.807, 2.05) is 18.2 Å². The lowest BCUT2D eigenvalue weighted by Crippen LogP contribution is -2.03. The van der Waals surface area contributed by atoms with E-state index in [1.54, 1.807) is 12.4 Å². The molecule has 0 radical (unpaired) electrons. The molecule has 1 aliphatic rings. The first-order valence-corrected chi connectivity index (χ1v) is 3.98. The minimum Gasteiger partial charge on any atom is -0.259 e. The molecule has 2 aromatic rings. The second-order valence-electron chi connectivity index (χ2n) is 2.87. The third-order valence-corrected chi connectivity index (χ3v) is 2.09. The Hall–Kier alpha value is -1.97. The van der Waals surface area contributed by atoms with Crippen LogP contribution in [0.15, 0.2) is 29.5 Å². The molecule has 0 bridgehead atoms. The third kappa shape index (κ3) is 0.823. The first kappa shape index (κ1) is 6.54. The fourth-order valence-electron chi connectivity index (χ4n) is 1.52. The number of hydrogen-bond acceptors (Lipinski definition) is 4. The SMILES string of the molecule is C1=NNc2nncc3cccc1c23. The van der Waals surface area contributed by atoms with Gasteiger partial charge in [0.15, 0.2) is 5.82 Å². The van der Waals surface area contributed by atoms with E-state index in [9.17, 15) is 0 Å². The molecule has 4 heteroatoms. The monoisotopic (exact) mass is 170 g/mol. The summed E-state index contributed by atoms with van der Waals surface area (Å²) in [4.78, 5) is 0. The Morgan fingerprint density at radius 2 is 2.23 bits per heavy atom. The second kappa shape index (κ2) is 2.26. The second-order valence-corrected chi connectivity index (χ2v) is 2.87. The maximum atomic E-state index is 3.97. The molecule has 3 rings (SSSR count). The summed E-state index contributed by atoms with van der Waals surface area (Å²) in [5.74, 6) is 0.732. The topological polar surface area (TPSA) is 50.2 Å². The molecule has 1 aliphatic heterocycles. The number of rotatable bonds is 0. The van der Waals surface area contributed by atoms with E-state index in [-0.39, 0.29) is 0 Å². The smallest absolute Gasteiger partial charge is 0.177 e. The predicted molar refractivity (Wildman–Crippen MR) is 50.8 cm³/mol. The number of nitrogens with one attached hydrogen (secondary N) is 1. The highest BCUT2D eigenvalue weighted by atomic mass is 15.3. The Balaban J connectivity index is 2.56. The van der Waals surface area contributed by atoms with Crippen LogP contribution in [-0.2, 0) is 0 Å². The van der Waals surface area contributed by atoms with Gasteiger partial charge in [0, 0.05) is 16.3 Å². The van der Waals surface area contributed by atoms with Gasteiger partial charge in [-0.25, -0.2) is 0 Å². The quantitative estimate of drug-likeness (QED) is 0.650. The lowest BCUT2D eigenvalue weighted by atomic mass is 10.1. The van der Waals surface area contributed by atoms with Crippen molar-refractivity contribution in [3.05, 3.63) is 30.0 Å². The minimum atomic E-state index is 0.732. The molecule has 1 aromatic heterocycles. The van der Waals surface area contributed by atoms with E-state index in [1.165, 1.54) is 0 Å². The van der Waals surface area contributed by atoms with E-state index in [0.29, 0.717) is 0 Å². The van der Waals surface area contributed by atoms with Gasteiger partial charge in [0.2, 0.25) is 0 Å². The normalized spacial score (nSPS) is 12.9. The fraction of sp³-hybridized carbons (Fsp3) is 0. The number of hydrazone groups is 1. The van der Waals surface area contributed by atoms with Crippen LogP contribution in [0.1, 0.15) is 5.56 Å². The summed E-state index contributed by atoms with van der Waals surface area (Å²) in [6.07, 6.45) is 3.54. The van der Waals surface area contributed by atoms with Crippen molar-refractivity contribution in [1.29, 1.82) is 0 Å². The maximum Gasteiger partial charge on any atom is 0.177 e. The van der Waals surface area contributed by atoms with Gasteiger partial charge in [0.05, 0.1) is 12.4 Å². The van der Waals surface area contributed by atoms with Crippen molar-refractivity contribution in [3.63, 3.8) is 0 Å². The van der Waals surface area contributed by atoms with E-state index < -0.39 is 0 Å². The van der Waals surface area contributed by atoms with Gasteiger partial charge >= 0.3 is 0 Å². The summed E-state index contributed by atoms with van der Waals surface area (Å²) in [6.45, 7) is 0. The highest BCUT2D eigenvalue weighted by Crippen LogP contribution is 2.25. The lowest BCUT2D eigenvalue weighted by Gasteiger charge is -2.09. The molecule has 0 spiro atoms. The molecular formula is C9H6N4. The molecule has 1 N–H and O–H groups in total. The summed E-state index contributed by atoms with van der Waals surface area (Å²) in [5, 5.41) is 14.0. The molecule has 62 valence electrons. The van der Waals surface area contributed by atoms with Crippen LogP contribution in [0.4, 0.5) is 5.82 Å². The average Bonchev–Trinajstić information content (AvgIpc) is 2.19. The molecule has 0 saturated heterocycles. The summed E-state index contributed by atoms with van der Waals surface area (Å²) in [7, 11) is 0. The fourth-order valence-corrected chi connectivity index (χ4v) is 1.52. The van der Waals surface area contributed by atoms with E-state index >= 15 is 0 Å². The number of nitrogens with zero attached hydrogens (tertiary/aromatic N) is 3. The van der Waals surface area contributed by atoms with E-state index in [4.69, 9.17) is 0 Å². The average molecular weight is 170 g/mol. The molecule has 0 amide bonds. The Morgan fingerprint density at radius 3 is 3.23 bits per heavy atom. The van der Waals surface area contributed by atoms with Crippen LogP contribution in [0.3, 0.4) is 0 Å². The van der Waals surface area contributed by atoms with Crippen LogP contribution in [0.25, 0.3) is 10.8 Å². The molecule has 0 atom stereocenters. The summed E-state index contributed by atoms with van der Waals surface area (Å²) >= 11 is 0. The van der Waals surface area contributed by atoms with Crippen molar-refractivity contribution < 1.29 is 0 Å². The van der Waals surface area contributed by atoms with Crippen LogP contribution in [-0.4, -0.2) is 16.4 Å². The Morgan fingerprint density at radius 1 is 1.23 bits per heavy atom. The Labute approximate surface area is 74.3 Å². The van der Waals surface area contributed by atoms with Crippen LogP contribution in [0.5, 0.6) is 0 Å². The van der Waals surface area contributed by atoms with Crippen molar-refractivity contribution in [1.82, 2.24) is 10.2 Å². The largest absolute Gasteiger partial charge is 0.259 e. The number of benzene rings is 1. The van der Waals surface area contributed by atoms with Gasteiger partial charge in [0.25, 0.3) is 0 Å². The zero-order chi connectivity index (χ0) is 8.67. The highest BCUT2D eigenvalue weighted by Gasteiger charge is 2.09. The number of aromatic nitrogens is 2. The van der Waals surface area contributed by atoms with Gasteiger partial charge in [-0.05, 0) is 0 Å². The summed E-state index contributed by atoms with van der Waals surface area (Å²) in [6, 6.07) is 6.01. The van der Waals surface area contributed by atoms with Crippen molar-refractivity contribution in [2.45, 2.75) is 0 Å². The molecule has 1 aromatic carbocycles. The van der Waals surface area contributed by atoms with Crippen LogP contribution < -0.4 is 5.43 Å². The van der Waals surface area contributed by atoms with Gasteiger partial charge in [-0.15, -0.1) is 5.10 Å². The molecule has 2 heterocycles. The molecule has 13 heavy (non-hydrogen) atoms. The maximum absolute atomic E-state index is 3.97. The van der Waals surface area contributed by atoms with Crippen LogP contribution >= 0.6 is 0 Å². The number of hydrogen-bond donors (Lipinski definition) is 1. The van der Waals surface area contributed by atoms with Gasteiger partial charge in [0.1, 0.15) is 0 Å². The number of anilines is 1. The first-order valence-electron chi connectivity index (χ1n) is 3.98. The van der Waals surface area contributed by atoms with E-state index in [2.05, 4.69) is 20.7 Å². The van der Waals surface area contributed by atoms with Gasteiger partial charge in [-0.2, -0.15) is 10.2 Å². The van der Waals surface area contributed by atoms with Crippen LogP contribution in [0, 0.1) is 0 Å². The first-order chi connectivity index (χ1) is 6.45.